The van der Waals surface area contributed by atoms with Gasteiger partial charge in [0.1, 0.15) is 5.82 Å². The Kier molecular flexibility index (Phi) is 6.46. The second-order valence-corrected chi connectivity index (χ2v) is 8.48. The molecule has 3 aromatic rings. The average molecular weight is 467 g/mol. The smallest absolute Gasteiger partial charge is 0.224 e. The van der Waals surface area contributed by atoms with E-state index in [1.165, 1.54) is 37.9 Å². The van der Waals surface area contributed by atoms with Crippen molar-refractivity contribution >= 4 is 34.7 Å². The van der Waals surface area contributed by atoms with Gasteiger partial charge in [-0.3, -0.25) is 4.79 Å². The number of carbonyl (C=O) groups excluding carboxylic acids is 1. The zero-order valence-electron chi connectivity index (χ0n) is 18.4. The highest BCUT2D eigenvalue weighted by Gasteiger charge is 2.26. The van der Waals surface area contributed by atoms with Gasteiger partial charge in [-0.15, -0.1) is 0 Å². The first-order valence-electron chi connectivity index (χ1n) is 10.2. The van der Waals surface area contributed by atoms with E-state index in [9.17, 15) is 14.3 Å². The Bertz CT molecular complexity index is 1240. The molecule has 8 heteroatoms. The maximum Gasteiger partial charge on any atom is 0.224 e. The van der Waals surface area contributed by atoms with Crippen molar-refractivity contribution in [1.29, 1.82) is 0 Å². The van der Waals surface area contributed by atoms with Crippen LogP contribution in [0.1, 0.15) is 34.9 Å². The molecule has 1 heterocycles. The summed E-state index contributed by atoms with van der Waals surface area (Å²) in [6, 6.07) is 9.84. The molecule has 0 aliphatic heterocycles. The van der Waals surface area contributed by atoms with Gasteiger partial charge in [-0.1, -0.05) is 6.07 Å². The maximum atomic E-state index is 14.1. The number of halogens is 1. The molecule has 1 aliphatic carbocycles. The molecule has 6 nitrogen and oxygen atoms in total. The maximum absolute atomic E-state index is 14.1. The SMILES string of the molecule is COc1cc(C=C2C(C)=C(CC(=O)NCc3ccns3)c3cc(F)ccc32)cc(OC)c1O. The van der Waals surface area contributed by atoms with E-state index < -0.39 is 0 Å². The van der Waals surface area contributed by atoms with Crippen LogP contribution in [-0.2, 0) is 11.3 Å². The minimum atomic E-state index is -0.363. The first kappa shape index (κ1) is 22.5. The van der Waals surface area contributed by atoms with Gasteiger partial charge in [0, 0.05) is 11.1 Å². The summed E-state index contributed by atoms with van der Waals surface area (Å²) in [6.45, 7) is 2.33. The molecule has 2 aromatic carbocycles. The molecular weight excluding hydrogens is 443 g/mol. The van der Waals surface area contributed by atoms with Crippen LogP contribution in [0.3, 0.4) is 0 Å². The Morgan fingerprint density at radius 2 is 1.88 bits per heavy atom. The molecule has 1 amide bonds. The highest BCUT2D eigenvalue weighted by atomic mass is 32.1. The van der Waals surface area contributed by atoms with Crippen molar-refractivity contribution in [3.8, 4) is 17.2 Å². The highest BCUT2D eigenvalue weighted by Crippen LogP contribution is 2.45. The number of aromatic nitrogens is 1. The summed E-state index contributed by atoms with van der Waals surface area (Å²) < 4.78 is 28.7. The minimum Gasteiger partial charge on any atom is -0.502 e. The van der Waals surface area contributed by atoms with E-state index in [-0.39, 0.29) is 35.4 Å². The highest BCUT2D eigenvalue weighted by molar-refractivity contribution is 7.05. The molecule has 0 saturated carbocycles. The van der Waals surface area contributed by atoms with E-state index in [2.05, 4.69) is 9.69 Å². The van der Waals surface area contributed by atoms with E-state index in [0.29, 0.717) is 12.1 Å². The summed E-state index contributed by atoms with van der Waals surface area (Å²) in [5.74, 6) is -0.0345. The molecule has 0 bridgehead atoms. The van der Waals surface area contributed by atoms with E-state index in [1.54, 1.807) is 24.4 Å². The van der Waals surface area contributed by atoms with Gasteiger partial charge in [0.25, 0.3) is 0 Å². The molecule has 0 unspecified atom stereocenters. The van der Waals surface area contributed by atoms with Gasteiger partial charge in [0.05, 0.1) is 27.2 Å². The van der Waals surface area contributed by atoms with Crippen LogP contribution in [0.5, 0.6) is 17.2 Å². The number of phenols is 1. The van der Waals surface area contributed by atoms with Crippen LogP contribution in [0.15, 0.2) is 48.2 Å². The molecule has 0 atom stereocenters. The predicted octanol–water partition coefficient (Wildman–Crippen LogP) is 5.04. The van der Waals surface area contributed by atoms with Gasteiger partial charge < -0.3 is 19.9 Å². The van der Waals surface area contributed by atoms with E-state index in [4.69, 9.17) is 9.47 Å². The number of rotatable bonds is 7. The Labute approximate surface area is 195 Å². The van der Waals surface area contributed by atoms with Crippen molar-refractivity contribution in [2.45, 2.75) is 19.9 Å². The number of hydrogen-bond acceptors (Lipinski definition) is 6. The molecule has 170 valence electrons. The standard InChI is InChI=1S/C25H23FN2O4S/c1-14-19(8-15-9-22(31-2)25(30)23(10-15)32-3)18-5-4-16(26)11-21(18)20(14)12-24(29)27-13-17-6-7-28-33-17/h4-11,30H,12-13H2,1-3H3,(H,27,29). The lowest BCUT2D eigenvalue weighted by atomic mass is 10.00. The largest absolute Gasteiger partial charge is 0.502 e. The number of phenolic OH excluding ortho intramolecular Hbond substituents is 1. The lowest BCUT2D eigenvalue weighted by Gasteiger charge is -2.11. The first-order chi connectivity index (χ1) is 15.9. The summed E-state index contributed by atoms with van der Waals surface area (Å²) >= 11 is 1.33. The molecule has 0 spiro atoms. The Morgan fingerprint density at radius 1 is 1.15 bits per heavy atom. The Morgan fingerprint density at radius 3 is 2.52 bits per heavy atom. The van der Waals surface area contributed by atoms with Crippen LogP contribution < -0.4 is 14.8 Å². The van der Waals surface area contributed by atoms with E-state index in [1.807, 2.05) is 19.1 Å². The van der Waals surface area contributed by atoms with Crippen LogP contribution >= 0.6 is 11.5 Å². The van der Waals surface area contributed by atoms with Gasteiger partial charge in [0.2, 0.25) is 11.7 Å². The third kappa shape index (κ3) is 4.61. The fourth-order valence-electron chi connectivity index (χ4n) is 3.89. The summed E-state index contributed by atoms with van der Waals surface area (Å²) in [4.78, 5) is 13.6. The second kappa shape index (κ2) is 9.46. The topological polar surface area (TPSA) is 80.7 Å². The van der Waals surface area contributed by atoms with Crippen LogP contribution in [0, 0.1) is 5.82 Å². The molecule has 4 rings (SSSR count). The van der Waals surface area contributed by atoms with Crippen LogP contribution in [-0.4, -0.2) is 29.6 Å². The number of benzene rings is 2. The Balaban J connectivity index is 1.70. The summed E-state index contributed by atoms with van der Waals surface area (Å²) in [6.07, 6.45) is 3.73. The van der Waals surface area contributed by atoms with Crippen molar-refractivity contribution in [3.05, 3.63) is 75.6 Å². The third-order valence-electron chi connectivity index (χ3n) is 5.56. The van der Waals surface area contributed by atoms with Crippen LogP contribution in [0.4, 0.5) is 4.39 Å². The number of carbonyl (C=O) groups is 1. The fourth-order valence-corrected chi connectivity index (χ4v) is 4.40. The summed E-state index contributed by atoms with van der Waals surface area (Å²) in [5.41, 5.74) is 4.80. The summed E-state index contributed by atoms with van der Waals surface area (Å²) in [7, 11) is 2.93. The molecule has 33 heavy (non-hydrogen) atoms. The van der Waals surface area contributed by atoms with Crippen LogP contribution in [0.2, 0.25) is 0 Å². The number of nitrogens with zero attached hydrogens (tertiary/aromatic N) is 1. The van der Waals surface area contributed by atoms with Gasteiger partial charge in [0.15, 0.2) is 11.5 Å². The van der Waals surface area contributed by atoms with Gasteiger partial charge >= 0.3 is 0 Å². The van der Waals surface area contributed by atoms with Crippen molar-refractivity contribution in [2.24, 2.45) is 0 Å². The van der Waals surface area contributed by atoms with Gasteiger partial charge in [-0.25, -0.2) is 8.76 Å². The predicted molar refractivity (Wildman–Crippen MR) is 127 cm³/mol. The molecular formula is C25H23FN2O4S. The molecule has 1 aromatic heterocycles. The second-order valence-electron chi connectivity index (χ2n) is 7.56. The number of nitrogens with one attached hydrogen (secondary N) is 1. The molecule has 0 saturated heterocycles. The number of hydrogen-bond donors (Lipinski definition) is 2. The fraction of sp³-hybridized carbons (Fsp3) is 0.200. The molecule has 2 N–H and O–H groups in total. The van der Waals surface area contributed by atoms with E-state index >= 15 is 0 Å². The van der Waals surface area contributed by atoms with Crippen LogP contribution in [0.25, 0.3) is 17.2 Å². The van der Waals surface area contributed by atoms with Gasteiger partial charge in [-0.2, -0.15) is 0 Å². The average Bonchev–Trinajstić information content (AvgIpc) is 3.41. The monoisotopic (exact) mass is 466 g/mol. The Hall–Kier alpha value is -3.65. The third-order valence-corrected chi connectivity index (χ3v) is 6.30. The van der Waals surface area contributed by atoms with Crippen molar-refractivity contribution in [3.63, 3.8) is 0 Å². The lowest BCUT2D eigenvalue weighted by Crippen LogP contribution is -2.22. The van der Waals surface area contributed by atoms with E-state index in [0.717, 1.165) is 32.7 Å². The number of methoxy groups -OCH3 is 2. The zero-order chi connectivity index (χ0) is 23.5. The minimum absolute atomic E-state index is 0.0818. The number of fused-ring (bicyclic) bond motifs is 1. The number of aromatic hydroxyl groups is 1. The molecule has 0 fully saturated rings. The van der Waals surface area contributed by atoms with Crippen molar-refractivity contribution < 1.29 is 23.8 Å². The quantitative estimate of drug-likeness (QED) is 0.510. The summed E-state index contributed by atoms with van der Waals surface area (Å²) in [5, 5.41) is 13.1. The lowest BCUT2D eigenvalue weighted by molar-refractivity contribution is -0.120. The first-order valence-corrected chi connectivity index (χ1v) is 11.0. The number of ether oxygens (including phenoxy) is 2. The molecule has 0 radical (unpaired) electrons. The number of allylic oxidation sites excluding steroid dienone is 2. The van der Waals surface area contributed by atoms with Gasteiger partial charge in [-0.05, 0) is 88.3 Å². The normalized spacial score (nSPS) is 13.9. The van der Waals surface area contributed by atoms with Crippen molar-refractivity contribution in [1.82, 2.24) is 9.69 Å². The number of amides is 1. The zero-order valence-corrected chi connectivity index (χ0v) is 19.3. The molecule has 1 aliphatic rings. The van der Waals surface area contributed by atoms with Crippen molar-refractivity contribution in [2.75, 3.05) is 14.2 Å².